The predicted octanol–water partition coefficient (Wildman–Crippen LogP) is 0.884. The van der Waals surface area contributed by atoms with E-state index in [1.165, 1.54) is 0 Å². The average molecular weight is 387 g/mol. The Kier molecular flexibility index (Phi) is 5.72. The number of aryl methyl sites for hydroxylation is 1. The highest BCUT2D eigenvalue weighted by Crippen LogP contribution is 2.27. The van der Waals surface area contributed by atoms with Crippen LogP contribution in [0.5, 0.6) is 0 Å². The molecule has 0 saturated carbocycles. The third-order valence-corrected chi connectivity index (χ3v) is 5.82. The van der Waals surface area contributed by atoms with E-state index in [1.54, 1.807) is 10.9 Å². The van der Waals surface area contributed by atoms with Gasteiger partial charge in [-0.15, -0.1) is 10.2 Å². The van der Waals surface area contributed by atoms with Gasteiger partial charge in [0.2, 0.25) is 0 Å². The Morgan fingerprint density at radius 3 is 2.61 bits per heavy atom. The highest BCUT2D eigenvalue weighted by Gasteiger charge is 2.28. The first-order valence-corrected chi connectivity index (χ1v) is 10.2. The van der Waals surface area contributed by atoms with Gasteiger partial charge >= 0.3 is 0 Å². The summed E-state index contributed by atoms with van der Waals surface area (Å²) in [6.45, 7) is 8.54. The van der Waals surface area contributed by atoms with Crippen LogP contribution in [0.4, 0.5) is 0 Å². The van der Waals surface area contributed by atoms with Crippen LogP contribution in [0.3, 0.4) is 0 Å². The molecule has 0 atom stereocenters. The van der Waals surface area contributed by atoms with Crippen molar-refractivity contribution in [1.82, 2.24) is 34.3 Å². The van der Waals surface area contributed by atoms with Crippen LogP contribution >= 0.6 is 0 Å². The fraction of sp³-hybridized carbons (Fsp3) is 0.684. The van der Waals surface area contributed by atoms with E-state index in [1.807, 2.05) is 18.0 Å². The van der Waals surface area contributed by atoms with E-state index >= 15 is 0 Å². The topological polar surface area (TPSA) is 81.3 Å². The van der Waals surface area contributed by atoms with Gasteiger partial charge in [-0.1, -0.05) is 0 Å². The second kappa shape index (κ2) is 8.40. The molecule has 4 heterocycles. The van der Waals surface area contributed by atoms with Gasteiger partial charge in [-0.2, -0.15) is 5.10 Å². The monoisotopic (exact) mass is 387 g/mol. The Labute approximate surface area is 165 Å². The quantitative estimate of drug-likeness (QED) is 0.758. The van der Waals surface area contributed by atoms with Crippen LogP contribution in [-0.2, 0) is 24.9 Å². The van der Waals surface area contributed by atoms with Gasteiger partial charge in [-0.3, -0.25) is 14.4 Å². The standard InChI is InChI=1S/C19H29N7O2/c1-3-26-13-16(12-20-26)19(27)25-6-4-15(5-7-25)18-22-21-17(23(18)2)14-24-8-10-28-11-9-24/h12-13,15H,3-11,14H2,1-2H3. The number of nitrogens with zero attached hydrogens (tertiary/aromatic N) is 7. The molecule has 2 aliphatic heterocycles. The molecule has 2 aromatic heterocycles. The third-order valence-electron chi connectivity index (χ3n) is 5.82. The summed E-state index contributed by atoms with van der Waals surface area (Å²) in [6, 6.07) is 0. The molecule has 152 valence electrons. The molecular formula is C19H29N7O2. The Morgan fingerprint density at radius 1 is 1.18 bits per heavy atom. The van der Waals surface area contributed by atoms with Crippen molar-refractivity contribution in [3.8, 4) is 0 Å². The molecule has 0 N–H and O–H groups in total. The Hall–Kier alpha value is -2.26. The second-order valence-corrected chi connectivity index (χ2v) is 7.57. The molecule has 1 amide bonds. The minimum Gasteiger partial charge on any atom is -0.379 e. The molecule has 0 spiro atoms. The van der Waals surface area contributed by atoms with Crippen LogP contribution in [0.1, 0.15) is 47.7 Å². The van der Waals surface area contributed by atoms with E-state index in [0.717, 1.165) is 77.0 Å². The third kappa shape index (κ3) is 3.95. The molecular weight excluding hydrogens is 358 g/mol. The first kappa shape index (κ1) is 19.1. The highest BCUT2D eigenvalue weighted by molar-refractivity contribution is 5.93. The molecule has 4 rings (SSSR count). The molecule has 9 nitrogen and oxygen atoms in total. The van der Waals surface area contributed by atoms with Gasteiger partial charge in [0.05, 0.1) is 31.5 Å². The van der Waals surface area contributed by atoms with E-state index in [0.29, 0.717) is 11.5 Å². The molecule has 28 heavy (non-hydrogen) atoms. The minimum atomic E-state index is 0.0733. The van der Waals surface area contributed by atoms with Crippen LogP contribution in [0.15, 0.2) is 12.4 Å². The predicted molar refractivity (Wildman–Crippen MR) is 103 cm³/mol. The number of amides is 1. The van der Waals surface area contributed by atoms with Gasteiger partial charge in [-0.25, -0.2) is 0 Å². The maximum absolute atomic E-state index is 12.7. The molecule has 0 bridgehead atoms. The average Bonchev–Trinajstić information content (AvgIpc) is 3.36. The van der Waals surface area contributed by atoms with Crippen molar-refractivity contribution >= 4 is 5.91 Å². The highest BCUT2D eigenvalue weighted by atomic mass is 16.5. The number of piperidine rings is 1. The number of morpholine rings is 1. The number of carbonyl (C=O) groups is 1. The number of rotatable bonds is 5. The second-order valence-electron chi connectivity index (χ2n) is 7.57. The molecule has 0 unspecified atom stereocenters. The molecule has 2 saturated heterocycles. The summed E-state index contributed by atoms with van der Waals surface area (Å²) in [7, 11) is 2.06. The van der Waals surface area contributed by atoms with Crippen molar-refractivity contribution in [2.24, 2.45) is 7.05 Å². The maximum atomic E-state index is 12.7. The minimum absolute atomic E-state index is 0.0733. The summed E-state index contributed by atoms with van der Waals surface area (Å²) < 4.78 is 9.34. The zero-order valence-electron chi connectivity index (χ0n) is 16.8. The normalized spacial score (nSPS) is 19.3. The lowest BCUT2D eigenvalue weighted by molar-refractivity contribution is 0.0326. The molecule has 0 aromatic carbocycles. The van der Waals surface area contributed by atoms with E-state index in [-0.39, 0.29) is 5.91 Å². The number of carbonyl (C=O) groups excluding carboxylic acids is 1. The summed E-state index contributed by atoms with van der Waals surface area (Å²) in [5, 5.41) is 13.1. The van der Waals surface area contributed by atoms with Crippen LogP contribution in [0.2, 0.25) is 0 Å². The van der Waals surface area contributed by atoms with E-state index in [4.69, 9.17) is 4.74 Å². The summed E-state index contributed by atoms with van der Waals surface area (Å²) in [5.74, 6) is 2.46. The largest absolute Gasteiger partial charge is 0.379 e. The van der Waals surface area contributed by atoms with Gasteiger partial charge in [0.15, 0.2) is 0 Å². The smallest absolute Gasteiger partial charge is 0.257 e. The van der Waals surface area contributed by atoms with Gasteiger partial charge in [-0.05, 0) is 19.8 Å². The lowest BCUT2D eigenvalue weighted by Gasteiger charge is -2.31. The molecule has 0 radical (unpaired) electrons. The number of likely N-dealkylation sites (tertiary alicyclic amines) is 1. The molecule has 2 aromatic rings. The molecule has 2 fully saturated rings. The van der Waals surface area contributed by atoms with Gasteiger partial charge in [0.25, 0.3) is 5.91 Å². The first-order valence-electron chi connectivity index (χ1n) is 10.2. The lowest BCUT2D eigenvalue weighted by atomic mass is 9.95. The zero-order chi connectivity index (χ0) is 19.5. The van der Waals surface area contributed by atoms with Crippen molar-refractivity contribution in [3.05, 3.63) is 29.6 Å². The summed E-state index contributed by atoms with van der Waals surface area (Å²) in [4.78, 5) is 17.0. The SMILES string of the molecule is CCn1cc(C(=O)N2CCC(c3nnc(CN4CCOCC4)n3C)CC2)cn1. The van der Waals surface area contributed by atoms with Crippen molar-refractivity contribution in [3.63, 3.8) is 0 Å². The lowest BCUT2D eigenvalue weighted by Crippen LogP contribution is -2.38. The van der Waals surface area contributed by atoms with Crippen molar-refractivity contribution in [2.45, 2.75) is 38.8 Å². The number of ether oxygens (including phenoxy) is 1. The van der Waals surface area contributed by atoms with Crippen LogP contribution in [0.25, 0.3) is 0 Å². The number of hydrogen-bond acceptors (Lipinski definition) is 6. The van der Waals surface area contributed by atoms with Gasteiger partial charge in [0, 0.05) is 51.9 Å². The van der Waals surface area contributed by atoms with Gasteiger partial charge in [0.1, 0.15) is 11.6 Å². The van der Waals surface area contributed by atoms with E-state index in [9.17, 15) is 4.79 Å². The molecule has 0 aliphatic carbocycles. The fourth-order valence-electron chi connectivity index (χ4n) is 4.00. The summed E-state index contributed by atoms with van der Waals surface area (Å²) in [6.07, 6.45) is 5.32. The van der Waals surface area contributed by atoms with E-state index in [2.05, 4.69) is 31.8 Å². The Balaban J connectivity index is 1.35. The fourth-order valence-corrected chi connectivity index (χ4v) is 4.00. The Morgan fingerprint density at radius 2 is 1.93 bits per heavy atom. The molecule has 9 heteroatoms. The van der Waals surface area contributed by atoms with Crippen molar-refractivity contribution in [2.75, 3.05) is 39.4 Å². The summed E-state index contributed by atoms with van der Waals surface area (Å²) >= 11 is 0. The van der Waals surface area contributed by atoms with Crippen LogP contribution in [-0.4, -0.2) is 79.6 Å². The van der Waals surface area contributed by atoms with Crippen molar-refractivity contribution in [1.29, 1.82) is 0 Å². The van der Waals surface area contributed by atoms with Crippen LogP contribution < -0.4 is 0 Å². The van der Waals surface area contributed by atoms with Crippen molar-refractivity contribution < 1.29 is 9.53 Å². The Bertz CT molecular complexity index is 801. The maximum Gasteiger partial charge on any atom is 0.257 e. The number of aromatic nitrogens is 5. The molecule has 2 aliphatic rings. The summed E-state index contributed by atoms with van der Waals surface area (Å²) in [5.41, 5.74) is 0.673. The van der Waals surface area contributed by atoms with Crippen LogP contribution in [0, 0.1) is 0 Å². The van der Waals surface area contributed by atoms with Gasteiger partial charge < -0.3 is 14.2 Å². The van der Waals surface area contributed by atoms with E-state index < -0.39 is 0 Å². The first-order chi connectivity index (χ1) is 13.7. The number of hydrogen-bond donors (Lipinski definition) is 0. The zero-order valence-corrected chi connectivity index (χ0v) is 16.8.